The molecule has 0 aliphatic carbocycles. The van der Waals surface area contributed by atoms with Gasteiger partial charge in [0.25, 0.3) is 9.76 Å². The molecule has 17 heavy (non-hydrogen) atoms. The van der Waals surface area contributed by atoms with Crippen LogP contribution in [0, 0.1) is 0 Å². The van der Waals surface area contributed by atoms with Gasteiger partial charge >= 0.3 is 0 Å². The first-order chi connectivity index (χ1) is 8.35. The fourth-order valence-electron chi connectivity index (χ4n) is 1.64. The molecular weight excluding hydrogens is 224 g/mol. The molecule has 0 spiro atoms. The van der Waals surface area contributed by atoms with Crippen molar-refractivity contribution in [3.05, 3.63) is 67.8 Å². The lowest BCUT2D eigenvalue weighted by molar-refractivity contribution is 0.320. The van der Waals surface area contributed by atoms with Gasteiger partial charge in [-0.05, 0) is 16.0 Å². The van der Waals surface area contributed by atoms with Gasteiger partial charge < -0.3 is 4.43 Å². The van der Waals surface area contributed by atoms with E-state index in [1.165, 1.54) is 16.0 Å². The lowest BCUT2D eigenvalue weighted by Crippen LogP contribution is -2.22. The van der Waals surface area contributed by atoms with Gasteiger partial charge in [0.05, 0.1) is 6.10 Å². The van der Waals surface area contributed by atoms with Crippen LogP contribution in [0.2, 0.25) is 0 Å². The molecule has 0 atom stereocenters. The van der Waals surface area contributed by atoms with Crippen LogP contribution in [0.4, 0.5) is 0 Å². The summed E-state index contributed by atoms with van der Waals surface area (Å²) in [5, 5.41) is 3.71. The van der Waals surface area contributed by atoms with Gasteiger partial charge in [0, 0.05) is 0 Å². The van der Waals surface area contributed by atoms with E-state index in [1.807, 2.05) is 6.07 Å². The summed E-state index contributed by atoms with van der Waals surface area (Å²) >= 11 is 0. The van der Waals surface area contributed by atoms with Gasteiger partial charge in [0.15, 0.2) is 0 Å². The molecule has 0 saturated heterocycles. The topological polar surface area (TPSA) is 9.23 Å². The highest BCUT2D eigenvalue weighted by Gasteiger charge is 2.05. The highest BCUT2D eigenvalue weighted by molar-refractivity contribution is 6.51. The third-order valence-electron chi connectivity index (χ3n) is 2.56. The van der Waals surface area contributed by atoms with Gasteiger partial charge in [0.2, 0.25) is 0 Å². The largest absolute Gasteiger partial charge is 0.402 e. The zero-order valence-corrected chi connectivity index (χ0v) is 10.6. The second-order valence-electron chi connectivity index (χ2n) is 3.68. The number of hydrogen-bond donors (Lipinski definition) is 0. The maximum Gasteiger partial charge on any atom is 0.270 e. The van der Waals surface area contributed by atoms with Crippen LogP contribution in [0.1, 0.15) is 0 Å². The zero-order valence-electron chi connectivity index (χ0n) is 9.60. The minimum absolute atomic E-state index is 0.0766. The maximum atomic E-state index is 5.73. The molecule has 84 valence electrons. The molecule has 0 aliphatic rings. The minimum Gasteiger partial charge on any atom is -0.402 e. The molecule has 0 N–H and O–H groups in total. The second-order valence-corrected chi connectivity index (χ2v) is 4.66. The molecule has 0 amide bonds. The molecule has 0 saturated carbocycles. The van der Waals surface area contributed by atoms with Crippen LogP contribution >= 0.6 is 0 Å². The van der Waals surface area contributed by atoms with Crippen LogP contribution < -0.4 is 5.19 Å². The summed E-state index contributed by atoms with van der Waals surface area (Å²) in [4.78, 5) is 0. The van der Waals surface area contributed by atoms with Crippen LogP contribution in [0.25, 0.3) is 10.8 Å². The summed E-state index contributed by atoms with van der Waals surface area (Å²) in [7, 11) is 0.310. The van der Waals surface area contributed by atoms with E-state index in [9.17, 15) is 0 Å². The molecular formula is C15H14OSi. The second kappa shape index (κ2) is 5.62. The van der Waals surface area contributed by atoms with E-state index in [4.69, 9.17) is 4.43 Å². The molecule has 2 aromatic carbocycles. The van der Waals surface area contributed by atoms with Gasteiger partial charge in [-0.3, -0.25) is 0 Å². The van der Waals surface area contributed by atoms with E-state index >= 15 is 0 Å². The average Bonchev–Trinajstić information content (AvgIpc) is 2.40. The number of hydrogen-bond acceptors (Lipinski definition) is 1. The van der Waals surface area contributed by atoms with Gasteiger partial charge in [-0.25, -0.2) is 0 Å². The van der Waals surface area contributed by atoms with Crippen molar-refractivity contribution >= 4 is 25.7 Å². The highest BCUT2D eigenvalue weighted by atomic mass is 28.2. The summed E-state index contributed by atoms with van der Waals surface area (Å²) in [6, 6.07) is 14.6. The summed E-state index contributed by atoms with van der Waals surface area (Å²) in [5.74, 6) is 0. The van der Waals surface area contributed by atoms with Crippen molar-refractivity contribution in [3.8, 4) is 0 Å². The van der Waals surface area contributed by atoms with Crippen molar-refractivity contribution in [2.75, 3.05) is 0 Å². The number of fused-ring (bicyclic) bond motifs is 1. The van der Waals surface area contributed by atoms with Crippen molar-refractivity contribution in [1.82, 2.24) is 0 Å². The first-order valence-electron chi connectivity index (χ1n) is 5.49. The molecule has 2 rings (SSSR count). The Balaban J connectivity index is 2.24. The van der Waals surface area contributed by atoms with Gasteiger partial charge in [-0.2, -0.15) is 0 Å². The van der Waals surface area contributed by atoms with Crippen molar-refractivity contribution < 1.29 is 4.43 Å². The Morgan fingerprint density at radius 2 is 1.71 bits per heavy atom. The Bertz CT molecular complexity index is 520. The fourth-order valence-corrected chi connectivity index (χ4v) is 2.60. The van der Waals surface area contributed by atoms with E-state index in [2.05, 4.69) is 49.6 Å². The third kappa shape index (κ3) is 2.73. The van der Waals surface area contributed by atoms with Crippen molar-refractivity contribution in [2.24, 2.45) is 0 Å². The van der Waals surface area contributed by atoms with Gasteiger partial charge in [0.1, 0.15) is 0 Å². The minimum atomic E-state index is -0.0766. The fraction of sp³-hybridized carbons (Fsp3) is 0.0667. The normalized spacial score (nSPS) is 10.6. The molecule has 2 heteroatoms. The van der Waals surface area contributed by atoms with Crippen molar-refractivity contribution in [2.45, 2.75) is 6.10 Å². The first-order valence-corrected chi connectivity index (χ1v) is 6.40. The standard InChI is InChI=1S/C15H14OSi/c1-3-13(4-2)16-17-15-11-7-9-12-8-5-6-10-14(12)15/h3-11,13H,1-2H2. The molecule has 0 bridgehead atoms. The Labute approximate surface area is 104 Å². The van der Waals surface area contributed by atoms with E-state index in [1.54, 1.807) is 12.2 Å². The summed E-state index contributed by atoms with van der Waals surface area (Å²) < 4.78 is 5.73. The molecule has 2 radical (unpaired) electrons. The quantitative estimate of drug-likeness (QED) is 0.575. The molecule has 0 heterocycles. The van der Waals surface area contributed by atoms with Crippen LogP contribution in [0.3, 0.4) is 0 Å². The summed E-state index contributed by atoms with van der Waals surface area (Å²) in [6.07, 6.45) is 3.43. The third-order valence-corrected chi connectivity index (χ3v) is 3.61. The Kier molecular flexibility index (Phi) is 3.91. The van der Waals surface area contributed by atoms with Crippen LogP contribution in [0.5, 0.6) is 0 Å². The van der Waals surface area contributed by atoms with Crippen molar-refractivity contribution in [1.29, 1.82) is 0 Å². The smallest absolute Gasteiger partial charge is 0.270 e. The molecule has 0 fully saturated rings. The Hall–Kier alpha value is -1.64. The monoisotopic (exact) mass is 238 g/mol. The predicted octanol–water partition coefficient (Wildman–Crippen LogP) is 2.84. The highest BCUT2D eigenvalue weighted by Crippen LogP contribution is 2.10. The summed E-state index contributed by atoms with van der Waals surface area (Å²) in [6.45, 7) is 7.43. The first kappa shape index (κ1) is 11.8. The Morgan fingerprint density at radius 3 is 2.47 bits per heavy atom. The summed E-state index contributed by atoms with van der Waals surface area (Å²) in [5.41, 5.74) is 0. The molecule has 0 aliphatic heterocycles. The van der Waals surface area contributed by atoms with Gasteiger partial charge in [-0.15, -0.1) is 13.2 Å². The van der Waals surface area contributed by atoms with Crippen LogP contribution in [-0.4, -0.2) is 15.9 Å². The maximum absolute atomic E-state index is 5.73. The average molecular weight is 238 g/mol. The van der Waals surface area contributed by atoms with Crippen molar-refractivity contribution in [3.63, 3.8) is 0 Å². The number of benzene rings is 2. The molecule has 1 nitrogen and oxygen atoms in total. The van der Waals surface area contributed by atoms with E-state index < -0.39 is 0 Å². The predicted molar refractivity (Wildman–Crippen MR) is 74.6 cm³/mol. The lowest BCUT2D eigenvalue weighted by atomic mass is 10.1. The molecule has 0 unspecified atom stereocenters. The van der Waals surface area contributed by atoms with E-state index in [-0.39, 0.29) is 6.10 Å². The molecule has 0 aromatic heterocycles. The van der Waals surface area contributed by atoms with E-state index in [0.717, 1.165) is 0 Å². The lowest BCUT2D eigenvalue weighted by Gasteiger charge is -2.09. The van der Waals surface area contributed by atoms with Crippen LogP contribution in [-0.2, 0) is 4.43 Å². The Morgan fingerprint density at radius 1 is 1.00 bits per heavy atom. The van der Waals surface area contributed by atoms with Gasteiger partial charge in [-0.1, -0.05) is 54.6 Å². The zero-order chi connectivity index (χ0) is 12.1. The number of rotatable bonds is 5. The van der Waals surface area contributed by atoms with Crippen LogP contribution in [0.15, 0.2) is 67.8 Å². The molecule has 2 aromatic rings. The van der Waals surface area contributed by atoms with E-state index in [0.29, 0.717) is 9.76 Å². The SMILES string of the molecule is C=CC(C=C)O[Si]c1cccc2ccccc12.